The van der Waals surface area contributed by atoms with Crippen molar-refractivity contribution >= 4 is 11.3 Å². The number of aryl methyl sites for hydroxylation is 2. The zero-order chi connectivity index (χ0) is 11.8. The van der Waals surface area contributed by atoms with Crippen LogP contribution in [0.5, 0.6) is 0 Å². The summed E-state index contributed by atoms with van der Waals surface area (Å²) < 4.78 is 0. The first-order valence-corrected chi connectivity index (χ1v) is 6.81. The molecule has 3 heteroatoms. The Hall–Kier alpha value is -1.19. The molecule has 1 aliphatic heterocycles. The average molecular weight is 244 g/mol. The van der Waals surface area contributed by atoms with Gasteiger partial charge in [0.25, 0.3) is 0 Å². The molecule has 1 aromatic carbocycles. The summed E-state index contributed by atoms with van der Waals surface area (Å²) in [6.45, 7) is 6.46. The average Bonchev–Trinajstić information content (AvgIpc) is 2.60. The van der Waals surface area contributed by atoms with E-state index in [2.05, 4.69) is 43.4 Å². The molecule has 0 atom stereocenters. The largest absolute Gasteiger partial charge is 0.315 e. The molecule has 2 aromatic rings. The van der Waals surface area contributed by atoms with Crippen LogP contribution in [-0.4, -0.2) is 18.1 Å². The third-order valence-corrected chi connectivity index (χ3v) is 4.65. The van der Waals surface area contributed by atoms with Gasteiger partial charge >= 0.3 is 0 Å². The molecule has 0 aliphatic carbocycles. The second-order valence-corrected chi connectivity index (χ2v) is 5.72. The van der Waals surface area contributed by atoms with E-state index in [-0.39, 0.29) is 0 Å². The van der Waals surface area contributed by atoms with E-state index in [1.807, 2.05) is 11.3 Å². The van der Waals surface area contributed by atoms with E-state index in [1.165, 1.54) is 21.7 Å². The first-order valence-electron chi connectivity index (χ1n) is 5.99. The number of aromatic nitrogens is 1. The highest BCUT2D eigenvalue weighted by atomic mass is 32.1. The zero-order valence-corrected chi connectivity index (χ0v) is 11.0. The summed E-state index contributed by atoms with van der Waals surface area (Å²) in [5.74, 6) is 0.687. The van der Waals surface area contributed by atoms with Gasteiger partial charge in [-0.1, -0.05) is 29.8 Å². The zero-order valence-electron chi connectivity index (χ0n) is 10.2. The standard InChI is InChI=1S/C14H16N2S/c1-9-3-5-11(6-4-9)14-16-10(2)13(17-14)12-7-15-8-12/h3-6,12,15H,7-8H2,1-2H3. The maximum atomic E-state index is 4.70. The minimum absolute atomic E-state index is 0.687. The summed E-state index contributed by atoms with van der Waals surface area (Å²) in [5.41, 5.74) is 3.74. The fourth-order valence-corrected chi connectivity index (χ4v) is 3.25. The van der Waals surface area contributed by atoms with E-state index in [4.69, 9.17) is 4.98 Å². The van der Waals surface area contributed by atoms with Crippen molar-refractivity contribution < 1.29 is 0 Å². The molecule has 1 aromatic heterocycles. The third kappa shape index (κ3) is 2.01. The molecule has 1 saturated heterocycles. The molecule has 0 amide bonds. The van der Waals surface area contributed by atoms with Gasteiger partial charge in [0.1, 0.15) is 5.01 Å². The summed E-state index contributed by atoms with van der Waals surface area (Å²) in [7, 11) is 0. The molecule has 17 heavy (non-hydrogen) atoms. The molecule has 2 heterocycles. The van der Waals surface area contributed by atoms with Crippen molar-refractivity contribution in [1.82, 2.24) is 10.3 Å². The van der Waals surface area contributed by atoms with Gasteiger partial charge in [-0.15, -0.1) is 11.3 Å². The lowest BCUT2D eigenvalue weighted by Crippen LogP contribution is -2.39. The van der Waals surface area contributed by atoms with Gasteiger partial charge in [-0.25, -0.2) is 4.98 Å². The highest BCUT2D eigenvalue weighted by molar-refractivity contribution is 7.15. The maximum Gasteiger partial charge on any atom is 0.123 e. The van der Waals surface area contributed by atoms with E-state index < -0.39 is 0 Å². The van der Waals surface area contributed by atoms with E-state index in [0.29, 0.717) is 5.92 Å². The van der Waals surface area contributed by atoms with Gasteiger partial charge in [0.2, 0.25) is 0 Å². The molecule has 0 radical (unpaired) electrons. The third-order valence-electron chi connectivity index (χ3n) is 3.28. The predicted octanol–water partition coefficient (Wildman–Crippen LogP) is 3.11. The van der Waals surface area contributed by atoms with Crippen LogP contribution in [0.1, 0.15) is 22.1 Å². The molecule has 0 unspecified atom stereocenters. The first kappa shape index (κ1) is 10.9. The van der Waals surface area contributed by atoms with Crippen LogP contribution in [-0.2, 0) is 0 Å². The fourth-order valence-electron chi connectivity index (χ4n) is 2.08. The normalized spacial score (nSPS) is 15.9. The number of nitrogens with one attached hydrogen (secondary N) is 1. The Labute approximate surface area is 106 Å². The Morgan fingerprint density at radius 2 is 1.88 bits per heavy atom. The second-order valence-electron chi connectivity index (χ2n) is 4.69. The van der Waals surface area contributed by atoms with Gasteiger partial charge in [-0.05, 0) is 13.8 Å². The Balaban J connectivity index is 1.95. The number of thiazole rings is 1. The Morgan fingerprint density at radius 1 is 1.18 bits per heavy atom. The first-order chi connectivity index (χ1) is 8.24. The Kier molecular flexibility index (Phi) is 2.73. The number of rotatable bonds is 2. The van der Waals surface area contributed by atoms with Gasteiger partial charge in [0, 0.05) is 29.4 Å². The van der Waals surface area contributed by atoms with Crippen molar-refractivity contribution in [3.8, 4) is 10.6 Å². The van der Waals surface area contributed by atoms with Crippen LogP contribution in [0.25, 0.3) is 10.6 Å². The van der Waals surface area contributed by atoms with Crippen molar-refractivity contribution in [2.45, 2.75) is 19.8 Å². The Morgan fingerprint density at radius 3 is 2.47 bits per heavy atom. The minimum atomic E-state index is 0.687. The van der Waals surface area contributed by atoms with E-state index in [1.54, 1.807) is 0 Å². The van der Waals surface area contributed by atoms with Crippen LogP contribution < -0.4 is 5.32 Å². The molecule has 0 spiro atoms. The number of hydrogen-bond donors (Lipinski definition) is 1. The van der Waals surface area contributed by atoms with Gasteiger partial charge < -0.3 is 5.32 Å². The lowest BCUT2D eigenvalue weighted by atomic mass is 10.0. The molecule has 1 N–H and O–H groups in total. The van der Waals surface area contributed by atoms with Crippen LogP contribution in [0.4, 0.5) is 0 Å². The van der Waals surface area contributed by atoms with Gasteiger partial charge in [0.05, 0.1) is 5.69 Å². The van der Waals surface area contributed by atoms with Crippen molar-refractivity contribution in [2.75, 3.05) is 13.1 Å². The van der Waals surface area contributed by atoms with Crippen LogP contribution in [0.2, 0.25) is 0 Å². The molecule has 0 bridgehead atoms. The van der Waals surface area contributed by atoms with Crippen LogP contribution in [0, 0.1) is 13.8 Å². The van der Waals surface area contributed by atoms with Gasteiger partial charge in [-0.2, -0.15) is 0 Å². The second kappa shape index (κ2) is 4.24. The summed E-state index contributed by atoms with van der Waals surface area (Å²) in [5, 5.41) is 4.48. The molecule has 1 fully saturated rings. The monoisotopic (exact) mass is 244 g/mol. The smallest absolute Gasteiger partial charge is 0.123 e. The molecule has 0 saturated carbocycles. The van der Waals surface area contributed by atoms with Crippen molar-refractivity contribution in [3.05, 3.63) is 40.4 Å². The molecule has 88 valence electrons. The summed E-state index contributed by atoms with van der Waals surface area (Å²) in [6.07, 6.45) is 0. The maximum absolute atomic E-state index is 4.70. The molecule has 1 aliphatic rings. The van der Waals surface area contributed by atoms with Gasteiger partial charge in [0.15, 0.2) is 0 Å². The van der Waals surface area contributed by atoms with Crippen LogP contribution >= 0.6 is 11.3 Å². The lowest BCUT2D eigenvalue weighted by Gasteiger charge is -2.26. The number of hydrogen-bond acceptors (Lipinski definition) is 3. The molecular weight excluding hydrogens is 228 g/mol. The SMILES string of the molecule is Cc1ccc(-c2nc(C)c(C3CNC3)s2)cc1. The van der Waals surface area contributed by atoms with Gasteiger partial charge in [-0.3, -0.25) is 0 Å². The van der Waals surface area contributed by atoms with Crippen molar-refractivity contribution in [1.29, 1.82) is 0 Å². The number of nitrogens with zero attached hydrogens (tertiary/aromatic N) is 1. The van der Waals surface area contributed by atoms with Crippen molar-refractivity contribution in [2.24, 2.45) is 0 Å². The highest BCUT2D eigenvalue weighted by Gasteiger charge is 2.24. The lowest BCUT2D eigenvalue weighted by molar-refractivity contribution is 0.452. The predicted molar refractivity (Wildman–Crippen MR) is 72.6 cm³/mol. The summed E-state index contributed by atoms with van der Waals surface area (Å²) in [6, 6.07) is 8.63. The van der Waals surface area contributed by atoms with Crippen molar-refractivity contribution in [3.63, 3.8) is 0 Å². The van der Waals surface area contributed by atoms with Crippen LogP contribution in [0.3, 0.4) is 0 Å². The summed E-state index contributed by atoms with van der Waals surface area (Å²) >= 11 is 1.85. The van der Waals surface area contributed by atoms with Crippen LogP contribution in [0.15, 0.2) is 24.3 Å². The highest BCUT2D eigenvalue weighted by Crippen LogP contribution is 2.34. The van der Waals surface area contributed by atoms with E-state index in [0.717, 1.165) is 18.1 Å². The topological polar surface area (TPSA) is 24.9 Å². The van der Waals surface area contributed by atoms with E-state index >= 15 is 0 Å². The van der Waals surface area contributed by atoms with E-state index in [9.17, 15) is 0 Å². The fraction of sp³-hybridized carbons (Fsp3) is 0.357. The molecule has 3 rings (SSSR count). The molecular formula is C14H16N2S. The quantitative estimate of drug-likeness (QED) is 0.878. The molecule has 2 nitrogen and oxygen atoms in total. The summed E-state index contributed by atoms with van der Waals surface area (Å²) in [4.78, 5) is 6.16. The number of benzene rings is 1. The minimum Gasteiger partial charge on any atom is -0.315 e. The Bertz CT molecular complexity index is 524.